The van der Waals surface area contributed by atoms with Crippen molar-refractivity contribution in [3.05, 3.63) is 69.5 Å². The number of benzene rings is 2. The van der Waals surface area contributed by atoms with Crippen LogP contribution in [0.5, 0.6) is 0 Å². The van der Waals surface area contributed by atoms with Gasteiger partial charge in [-0.1, -0.05) is 35.9 Å². The quantitative estimate of drug-likeness (QED) is 0.726. The third-order valence-corrected chi connectivity index (χ3v) is 4.11. The zero-order chi connectivity index (χ0) is 16.2. The summed E-state index contributed by atoms with van der Waals surface area (Å²) >= 11 is 9.43. The number of aromatic nitrogens is 2. The Kier molecular flexibility index (Phi) is 4.73. The van der Waals surface area contributed by atoms with Crippen LogP contribution in [0, 0.1) is 0 Å². The maximum absolute atomic E-state index is 12.1. The summed E-state index contributed by atoms with van der Waals surface area (Å²) in [6.07, 6.45) is 0. The molecule has 2 aromatic carbocycles. The van der Waals surface area contributed by atoms with E-state index in [1.807, 2.05) is 18.2 Å². The van der Waals surface area contributed by atoms with Gasteiger partial charge in [0.05, 0.1) is 22.7 Å². The van der Waals surface area contributed by atoms with Crippen LogP contribution in [0.4, 0.5) is 0 Å². The van der Waals surface area contributed by atoms with Crippen molar-refractivity contribution in [3.63, 3.8) is 0 Å². The maximum Gasteiger partial charge on any atom is 0.252 e. The average Bonchev–Trinajstić information content (AvgIpc) is 3.02. The van der Waals surface area contributed by atoms with E-state index in [1.54, 1.807) is 30.3 Å². The predicted molar refractivity (Wildman–Crippen MR) is 90.1 cm³/mol. The molecular formula is C16H11BrClN3O2. The van der Waals surface area contributed by atoms with Crippen molar-refractivity contribution in [3.8, 4) is 11.5 Å². The summed E-state index contributed by atoms with van der Waals surface area (Å²) in [5.74, 6) is 0.399. The number of amides is 1. The molecule has 0 aliphatic heterocycles. The molecule has 0 atom stereocenters. The van der Waals surface area contributed by atoms with Gasteiger partial charge < -0.3 is 9.73 Å². The van der Waals surface area contributed by atoms with Gasteiger partial charge in [-0.2, -0.15) is 0 Å². The van der Waals surface area contributed by atoms with E-state index in [0.29, 0.717) is 27.9 Å². The highest BCUT2D eigenvalue weighted by Crippen LogP contribution is 2.26. The van der Waals surface area contributed by atoms with Crippen LogP contribution in [0.3, 0.4) is 0 Å². The Hall–Kier alpha value is -2.18. The van der Waals surface area contributed by atoms with Crippen molar-refractivity contribution in [1.82, 2.24) is 15.5 Å². The standard InChI is InChI=1S/C16H11BrClN3O2/c17-12-7-3-1-5-10(12)15(22)19-9-14-20-21-16(23-14)11-6-2-4-8-13(11)18/h1-8H,9H2,(H,19,22). The van der Waals surface area contributed by atoms with Crippen LogP contribution < -0.4 is 5.32 Å². The number of carbonyl (C=O) groups excluding carboxylic acids is 1. The SMILES string of the molecule is O=C(NCc1nnc(-c2ccccc2Cl)o1)c1ccccc1Br. The number of nitrogens with one attached hydrogen (secondary N) is 1. The van der Waals surface area contributed by atoms with Crippen molar-refractivity contribution in [2.75, 3.05) is 0 Å². The van der Waals surface area contributed by atoms with Crippen LogP contribution in [0.1, 0.15) is 16.2 Å². The number of hydrogen-bond donors (Lipinski definition) is 1. The third kappa shape index (κ3) is 3.60. The average molecular weight is 393 g/mol. The lowest BCUT2D eigenvalue weighted by Crippen LogP contribution is -2.23. The fourth-order valence-corrected chi connectivity index (χ4v) is 2.65. The van der Waals surface area contributed by atoms with E-state index in [0.717, 1.165) is 4.47 Å². The number of carbonyl (C=O) groups is 1. The molecule has 3 rings (SSSR count). The van der Waals surface area contributed by atoms with Crippen LogP contribution in [-0.4, -0.2) is 16.1 Å². The van der Waals surface area contributed by atoms with Gasteiger partial charge in [0, 0.05) is 4.47 Å². The summed E-state index contributed by atoms with van der Waals surface area (Å²) in [5, 5.41) is 11.1. The lowest BCUT2D eigenvalue weighted by molar-refractivity contribution is 0.0946. The Morgan fingerprint density at radius 1 is 1.13 bits per heavy atom. The van der Waals surface area contributed by atoms with Gasteiger partial charge in [-0.05, 0) is 40.2 Å². The van der Waals surface area contributed by atoms with Crippen LogP contribution in [0.2, 0.25) is 5.02 Å². The maximum atomic E-state index is 12.1. The zero-order valence-electron chi connectivity index (χ0n) is 11.8. The highest BCUT2D eigenvalue weighted by Gasteiger charge is 2.13. The predicted octanol–water partition coefficient (Wildman–Crippen LogP) is 4.08. The minimum Gasteiger partial charge on any atom is -0.419 e. The molecular weight excluding hydrogens is 382 g/mol. The van der Waals surface area contributed by atoms with Crippen LogP contribution in [0.25, 0.3) is 11.5 Å². The van der Waals surface area contributed by atoms with Crippen molar-refractivity contribution >= 4 is 33.4 Å². The van der Waals surface area contributed by atoms with Gasteiger partial charge in [0.25, 0.3) is 5.91 Å². The largest absolute Gasteiger partial charge is 0.419 e. The van der Waals surface area contributed by atoms with Crippen molar-refractivity contribution in [2.24, 2.45) is 0 Å². The topological polar surface area (TPSA) is 68.0 Å². The lowest BCUT2D eigenvalue weighted by atomic mass is 10.2. The van der Waals surface area contributed by atoms with Gasteiger partial charge >= 0.3 is 0 Å². The fourth-order valence-electron chi connectivity index (χ4n) is 1.97. The molecule has 0 bridgehead atoms. The molecule has 116 valence electrons. The number of hydrogen-bond acceptors (Lipinski definition) is 4. The second-order valence-electron chi connectivity index (χ2n) is 4.64. The summed E-state index contributed by atoms with van der Waals surface area (Å²) in [7, 11) is 0. The Labute approximate surface area is 145 Å². The molecule has 0 unspecified atom stereocenters. The molecule has 0 aliphatic rings. The molecule has 23 heavy (non-hydrogen) atoms. The first-order chi connectivity index (χ1) is 11.1. The van der Waals surface area contributed by atoms with E-state index in [2.05, 4.69) is 31.4 Å². The molecule has 1 heterocycles. The summed E-state index contributed by atoms with van der Waals surface area (Å²) in [6.45, 7) is 0.137. The van der Waals surface area contributed by atoms with Crippen LogP contribution in [0.15, 0.2) is 57.4 Å². The molecule has 7 heteroatoms. The molecule has 1 amide bonds. The first-order valence-corrected chi connectivity index (χ1v) is 7.92. The minimum atomic E-state index is -0.227. The molecule has 0 aliphatic carbocycles. The third-order valence-electron chi connectivity index (χ3n) is 3.09. The zero-order valence-corrected chi connectivity index (χ0v) is 14.1. The molecule has 0 spiro atoms. The lowest BCUT2D eigenvalue weighted by Gasteiger charge is -2.04. The van der Waals surface area contributed by atoms with E-state index in [4.69, 9.17) is 16.0 Å². The molecule has 0 fully saturated rings. The summed E-state index contributed by atoms with van der Waals surface area (Å²) in [6, 6.07) is 14.4. The highest BCUT2D eigenvalue weighted by molar-refractivity contribution is 9.10. The van der Waals surface area contributed by atoms with Crippen molar-refractivity contribution in [1.29, 1.82) is 0 Å². The number of halogens is 2. The Morgan fingerprint density at radius 2 is 1.87 bits per heavy atom. The second kappa shape index (κ2) is 6.93. The van der Waals surface area contributed by atoms with Gasteiger partial charge in [-0.3, -0.25) is 4.79 Å². The molecule has 0 saturated carbocycles. The summed E-state index contributed by atoms with van der Waals surface area (Å²) < 4.78 is 6.26. The van der Waals surface area contributed by atoms with E-state index < -0.39 is 0 Å². The van der Waals surface area contributed by atoms with Crippen molar-refractivity contribution < 1.29 is 9.21 Å². The molecule has 1 N–H and O–H groups in total. The first kappa shape index (κ1) is 15.7. The van der Waals surface area contributed by atoms with Gasteiger partial charge in [0.2, 0.25) is 11.8 Å². The van der Waals surface area contributed by atoms with Gasteiger partial charge in [-0.15, -0.1) is 10.2 Å². The molecule has 0 radical (unpaired) electrons. The minimum absolute atomic E-state index is 0.137. The molecule has 3 aromatic rings. The smallest absolute Gasteiger partial charge is 0.252 e. The first-order valence-electron chi connectivity index (χ1n) is 6.75. The van der Waals surface area contributed by atoms with Crippen LogP contribution >= 0.6 is 27.5 Å². The fraction of sp³-hybridized carbons (Fsp3) is 0.0625. The van der Waals surface area contributed by atoms with E-state index in [9.17, 15) is 4.79 Å². The van der Waals surface area contributed by atoms with Crippen LogP contribution in [-0.2, 0) is 6.54 Å². The monoisotopic (exact) mass is 391 g/mol. The number of rotatable bonds is 4. The Bertz CT molecular complexity index is 851. The molecule has 0 saturated heterocycles. The molecule has 5 nitrogen and oxygen atoms in total. The van der Waals surface area contributed by atoms with E-state index >= 15 is 0 Å². The Morgan fingerprint density at radius 3 is 2.65 bits per heavy atom. The van der Waals surface area contributed by atoms with E-state index in [1.165, 1.54) is 0 Å². The second-order valence-corrected chi connectivity index (χ2v) is 5.90. The van der Waals surface area contributed by atoms with Gasteiger partial charge in [0.15, 0.2) is 0 Å². The van der Waals surface area contributed by atoms with Gasteiger partial charge in [-0.25, -0.2) is 0 Å². The number of nitrogens with zero attached hydrogens (tertiary/aromatic N) is 2. The normalized spacial score (nSPS) is 10.5. The summed E-state index contributed by atoms with van der Waals surface area (Å²) in [4.78, 5) is 12.1. The Balaban J connectivity index is 1.70. The van der Waals surface area contributed by atoms with E-state index in [-0.39, 0.29) is 12.5 Å². The molecule has 1 aromatic heterocycles. The van der Waals surface area contributed by atoms with Crippen molar-refractivity contribution in [2.45, 2.75) is 6.54 Å². The highest BCUT2D eigenvalue weighted by atomic mass is 79.9. The van der Waals surface area contributed by atoms with Gasteiger partial charge in [0.1, 0.15) is 0 Å². The summed E-state index contributed by atoms with van der Waals surface area (Å²) in [5.41, 5.74) is 1.20.